The van der Waals surface area contributed by atoms with Crippen LogP contribution in [0.5, 0.6) is 0 Å². The summed E-state index contributed by atoms with van der Waals surface area (Å²) in [5, 5.41) is 3.06. The van der Waals surface area contributed by atoms with Gasteiger partial charge in [-0.05, 0) is 12.1 Å². The van der Waals surface area contributed by atoms with Gasteiger partial charge in [-0.3, -0.25) is 9.59 Å². The highest BCUT2D eigenvalue weighted by Crippen LogP contribution is 2.05. The van der Waals surface area contributed by atoms with Crippen molar-refractivity contribution in [3.8, 4) is 0 Å². The van der Waals surface area contributed by atoms with E-state index in [0.717, 1.165) is 0 Å². The number of rotatable bonds is 4. The van der Waals surface area contributed by atoms with Gasteiger partial charge in [-0.2, -0.15) is 0 Å². The Balaban J connectivity index is 2.29. The predicted molar refractivity (Wildman–Crippen MR) is 66.6 cm³/mol. The Hall–Kier alpha value is -2.21. The molecule has 0 atom stereocenters. The van der Waals surface area contributed by atoms with E-state index >= 15 is 0 Å². The summed E-state index contributed by atoms with van der Waals surface area (Å²) < 4.78 is 4.82. The van der Waals surface area contributed by atoms with Crippen LogP contribution in [0.4, 0.5) is 0 Å². The van der Waals surface area contributed by atoms with Crippen LogP contribution in [0.2, 0.25) is 0 Å². The van der Waals surface area contributed by atoms with Crippen LogP contribution in [0.3, 0.4) is 0 Å². The highest BCUT2D eigenvalue weighted by atomic mass is 16.5. The van der Waals surface area contributed by atoms with E-state index in [0.29, 0.717) is 24.1 Å². The molecule has 0 aliphatic rings. The minimum absolute atomic E-state index is 0.00908. The fraction of sp³-hybridized carbons (Fsp3) is 0.250. The lowest BCUT2D eigenvalue weighted by atomic mass is 10.2. The second kappa shape index (κ2) is 5.42. The van der Waals surface area contributed by atoms with Gasteiger partial charge >= 0.3 is 0 Å². The molecule has 1 heterocycles. The largest absolute Gasteiger partial charge is 0.383 e. The van der Waals surface area contributed by atoms with Gasteiger partial charge < -0.3 is 15.0 Å². The fourth-order valence-corrected chi connectivity index (χ4v) is 1.54. The van der Waals surface area contributed by atoms with Crippen LogP contribution in [0.1, 0.15) is 10.6 Å². The number of benzene rings is 1. The molecule has 0 aliphatic heterocycles. The van der Waals surface area contributed by atoms with E-state index < -0.39 is 5.91 Å². The van der Waals surface area contributed by atoms with Crippen molar-refractivity contribution < 1.29 is 9.53 Å². The maximum atomic E-state index is 11.7. The summed E-state index contributed by atoms with van der Waals surface area (Å²) in [5.74, 6) is -0.412. The summed E-state index contributed by atoms with van der Waals surface area (Å²) in [6.07, 6.45) is 0. The molecular formula is C12H13N3O3. The number of fused-ring (bicyclic) bond motifs is 1. The SMILES string of the molecule is COCCNC(=O)c1nc2ccccc2c(=O)[nH]1. The molecule has 0 aliphatic carbocycles. The first-order chi connectivity index (χ1) is 8.72. The summed E-state index contributed by atoms with van der Waals surface area (Å²) in [7, 11) is 1.54. The molecule has 2 N–H and O–H groups in total. The lowest BCUT2D eigenvalue weighted by molar-refractivity contribution is 0.0927. The third kappa shape index (κ3) is 2.54. The molecule has 94 valence electrons. The molecular weight excluding hydrogens is 234 g/mol. The standard InChI is InChI=1S/C12H13N3O3/c1-18-7-6-13-12(17)10-14-9-5-3-2-4-8(9)11(16)15-10/h2-5H,6-7H2,1H3,(H,13,17)(H,14,15,16). The highest BCUT2D eigenvalue weighted by Gasteiger charge is 2.10. The molecule has 0 spiro atoms. The molecule has 2 aromatic rings. The number of amides is 1. The minimum Gasteiger partial charge on any atom is -0.383 e. The van der Waals surface area contributed by atoms with Crippen molar-refractivity contribution in [1.29, 1.82) is 0 Å². The third-order valence-electron chi connectivity index (χ3n) is 2.42. The zero-order chi connectivity index (χ0) is 13.0. The number of nitrogens with zero attached hydrogens (tertiary/aromatic N) is 1. The first-order valence-corrected chi connectivity index (χ1v) is 5.48. The Bertz CT molecular complexity index is 621. The number of carbonyl (C=O) groups excluding carboxylic acids is 1. The van der Waals surface area contributed by atoms with Gasteiger partial charge in [0.15, 0.2) is 5.82 Å². The summed E-state index contributed by atoms with van der Waals surface area (Å²) >= 11 is 0. The maximum Gasteiger partial charge on any atom is 0.287 e. The zero-order valence-electron chi connectivity index (χ0n) is 9.90. The molecule has 0 fully saturated rings. The van der Waals surface area contributed by atoms with Crippen molar-refractivity contribution in [2.75, 3.05) is 20.3 Å². The Kier molecular flexibility index (Phi) is 3.69. The van der Waals surface area contributed by atoms with E-state index in [2.05, 4.69) is 15.3 Å². The van der Waals surface area contributed by atoms with Crippen LogP contribution < -0.4 is 10.9 Å². The van der Waals surface area contributed by atoms with Crippen LogP contribution in [-0.4, -0.2) is 36.1 Å². The molecule has 6 nitrogen and oxygen atoms in total. The van der Waals surface area contributed by atoms with Gasteiger partial charge in [-0.25, -0.2) is 4.98 Å². The van der Waals surface area contributed by atoms with Crippen molar-refractivity contribution in [3.05, 3.63) is 40.4 Å². The van der Waals surface area contributed by atoms with Crippen molar-refractivity contribution in [1.82, 2.24) is 15.3 Å². The van der Waals surface area contributed by atoms with Crippen LogP contribution in [0.15, 0.2) is 29.1 Å². The summed E-state index contributed by atoms with van der Waals surface area (Å²) in [6.45, 7) is 0.773. The molecule has 2 rings (SSSR count). The van der Waals surface area contributed by atoms with E-state index in [4.69, 9.17) is 4.74 Å². The Morgan fingerprint density at radius 1 is 1.44 bits per heavy atom. The second-order valence-corrected chi connectivity index (χ2v) is 3.68. The molecule has 18 heavy (non-hydrogen) atoms. The number of H-pyrrole nitrogens is 1. The van der Waals surface area contributed by atoms with Crippen molar-refractivity contribution in [2.45, 2.75) is 0 Å². The van der Waals surface area contributed by atoms with Gasteiger partial charge in [0.25, 0.3) is 11.5 Å². The van der Waals surface area contributed by atoms with Gasteiger partial charge in [-0.1, -0.05) is 12.1 Å². The van der Waals surface area contributed by atoms with Gasteiger partial charge in [0.05, 0.1) is 17.5 Å². The number of ether oxygens (including phenoxy) is 1. The summed E-state index contributed by atoms with van der Waals surface area (Å²) in [6, 6.07) is 6.86. The molecule has 0 saturated heterocycles. The maximum absolute atomic E-state index is 11.7. The van der Waals surface area contributed by atoms with E-state index in [9.17, 15) is 9.59 Å². The van der Waals surface area contributed by atoms with E-state index in [1.807, 2.05) is 0 Å². The Labute approximate surface area is 103 Å². The van der Waals surface area contributed by atoms with Gasteiger partial charge in [-0.15, -0.1) is 0 Å². The normalized spacial score (nSPS) is 10.5. The van der Waals surface area contributed by atoms with Gasteiger partial charge in [0.1, 0.15) is 0 Å². The number of aromatic amines is 1. The van der Waals surface area contributed by atoms with Gasteiger partial charge in [0.2, 0.25) is 0 Å². The topological polar surface area (TPSA) is 84.1 Å². The minimum atomic E-state index is -0.421. The molecule has 0 unspecified atom stereocenters. The third-order valence-corrected chi connectivity index (χ3v) is 2.42. The van der Waals surface area contributed by atoms with Crippen LogP contribution >= 0.6 is 0 Å². The molecule has 6 heteroatoms. The molecule has 0 saturated carbocycles. The number of methoxy groups -OCH3 is 1. The number of nitrogens with one attached hydrogen (secondary N) is 2. The summed E-state index contributed by atoms with van der Waals surface area (Å²) in [4.78, 5) is 30.0. The number of carbonyl (C=O) groups is 1. The van der Waals surface area contributed by atoms with Gasteiger partial charge in [0, 0.05) is 13.7 Å². The van der Waals surface area contributed by atoms with Crippen molar-refractivity contribution in [3.63, 3.8) is 0 Å². The monoisotopic (exact) mass is 247 g/mol. The highest BCUT2D eigenvalue weighted by molar-refractivity contribution is 5.92. The zero-order valence-corrected chi connectivity index (χ0v) is 9.90. The predicted octanol–water partition coefficient (Wildman–Crippen LogP) is 0.299. The average molecular weight is 247 g/mol. The van der Waals surface area contributed by atoms with Crippen LogP contribution in [-0.2, 0) is 4.74 Å². The van der Waals surface area contributed by atoms with Crippen LogP contribution in [0.25, 0.3) is 10.9 Å². The average Bonchev–Trinajstić information content (AvgIpc) is 2.39. The fourth-order valence-electron chi connectivity index (χ4n) is 1.54. The second-order valence-electron chi connectivity index (χ2n) is 3.68. The van der Waals surface area contributed by atoms with Crippen molar-refractivity contribution in [2.24, 2.45) is 0 Å². The lowest BCUT2D eigenvalue weighted by Gasteiger charge is -2.04. The molecule has 0 radical (unpaired) electrons. The quantitative estimate of drug-likeness (QED) is 0.761. The first kappa shape index (κ1) is 12.3. The molecule has 0 bridgehead atoms. The van der Waals surface area contributed by atoms with Crippen LogP contribution in [0, 0.1) is 0 Å². The first-order valence-electron chi connectivity index (χ1n) is 5.48. The number of aromatic nitrogens is 2. The van der Waals surface area contributed by atoms with E-state index in [-0.39, 0.29) is 11.4 Å². The smallest absolute Gasteiger partial charge is 0.287 e. The van der Waals surface area contributed by atoms with E-state index in [1.54, 1.807) is 31.4 Å². The number of hydrogen-bond donors (Lipinski definition) is 2. The number of para-hydroxylation sites is 1. The molecule has 1 amide bonds. The lowest BCUT2D eigenvalue weighted by Crippen LogP contribution is -2.30. The summed E-state index contributed by atoms with van der Waals surface area (Å²) in [5.41, 5.74) is 0.177. The van der Waals surface area contributed by atoms with E-state index in [1.165, 1.54) is 0 Å². The Morgan fingerprint density at radius 3 is 3.00 bits per heavy atom. The molecule has 1 aromatic heterocycles. The molecule has 1 aromatic carbocycles. The number of hydrogen-bond acceptors (Lipinski definition) is 4. The Morgan fingerprint density at radius 2 is 2.22 bits per heavy atom. The van der Waals surface area contributed by atoms with Crippen molar-refractivity contribution >= 4 is 16.8 Å².